The molecule has 2 rings (SSSR count). The number of rotatable bonds is 4. The van der Waals surface area contributed by atoms with E-state index in [4.69, 9.17) is 17.3 Å². The highest BCUT2D eigenvalue weighted by Gasteiger charge is 2.11. The zero-order valence-corrected chi connectivity index (χ0v) is 11.9. The van der Waals surface area contributed by atoms with E-state index in [1.165, 1.54) is 30.5 Å². The van der Waals surface area contributed by atoms with Crippen LogP contribution in [0.25, 0.3) is 0 Å². The standard InChI is InChI=1S/C13H12ClN3O2S/c14-13-4-2-1-3-10(13)9-16-17-20(18,19)12-7-5-11(15)6-8-12/h1-9,17H,15H2/b16-9+. The van der Waals surface area contributed by atoms with Crippen LogP contribution in [0.5, 0.6) is 0 Å². The lowest BCUT2D eigenvalue weighted by Gasteiger charge is -2.03. The summed E-state index contributed by atoms with van der Waals surface area (Å²) in [5.41, 5.74) is 6.61. The van der Waals surface area contributed by atoms with E-state index < -0.39 is 10.0 Å². The first-order valence-electron chi connectivity index (χ1n) is 5.64. The average Bonchev–Trinajstić information content (AvgIpc) is 2.41. The van der Waals surface area contributed by atoms with Crippen LogP contribution in [0.3, 0.4) is 0 Å². The molecule has 0 fully saturated rings. The van der Waals surface area contributed by atoms with Crippen LogP contribution >= 0.6 is 11.6 Å². The maximum atomic E-state index is 11.9. The van der Waals surface area contributed by atoms with Crippen LogP contribution in [0.1, 0.15) is 5.56 Å². The Labute approximate surface area is 122 Å². The topological polar surface area (TPSA) is 84.5 Å². The average molecular weight is 310 g/mol. The van der Waals surface area contributed by atoms with E-state index in [0.29, 0.717) is 16.3 Å². The van der Waals surface area contributed by atoms with Crippen LogP contribution < -0.4 is 10.6 Å². The molecule has 0 spiro atoms. The third-order valence-electron chi connectivity index (χ3n) is 2.47. The molecule has 0 aromatic heterocycles. The summed E-state index contributed by atoms with van der Waals surface area (Å²) in [6.07, 6.45) is 1.34. The van der Waals surface area contributed by atoms with Crippen molar-refractivity contribution in [3.05, 3.63) is 59.1 Å². The van der Waals surface area contributed by atoms with Crippen molar-refractivity contribution in [1.29, 1.82) is 0 Å². The Morgan fingerprint density at radius 3 is 2.40 bits per heavy atom. The van der Waals surface area contributed by atoms with Gasteiger partial charge in [0.1, 0.15) is 0 Å². The normalized spacial score (nSPS) is 11.7. The minimum atomic E-state index is -3.71. The lowest BCUT2D eigenvalue weighted by Crippen LogP contribution is -2.18. The molecule has 0 saturated heterocycles. The number of nitrogens with one attached hydrogen (secondary N) is 1. The van der Waals surface area contributed by atoms with E-state index in [0.717, 1.165) is 0 Å². The largest absolute Gasteiger partial charge is 0.399 e. The molecule has 0 bridgehead atoms. The maximum Gasteiger partial charge on any atom is 0.276 e. The molecule has 2 aromatic rings. The minimum absolute atomic E-state index is 0.0861. The molecule has 5 nitrogen and oxygen atoms in total. The molecule has 7 heteroatoms. The van der Waals surface area contributed by atoms with Gasteiger partial charge in [-0.3, -0.25) is 0 Å². The van der Waals surface area contributed by atoms with Crippen molar-refractivity contribution in [2.24, 2.45) is 5.10 Å². The van der Waals surface area contributed by atoms with Gasteiger partial charge in [0.15, 0.2) is 0 Å². The molecule has 0 aliphatic heterocycles. The molecule has 0 aliphatic rings. The van der Waals surface area contributed by atoms with E-state index in [2.05, 4.69) is 9.93 Å². The summed E-state index contributed by atoms with van der Waals surface area (Å²) in [4.78, 5) is 2.20. The van der Waals surface area contributed by atoms with Crippen molar-refractivity contribution in [3.63, 3.8) is 0 Å². The number of benzene rings is 2. The summed E-state index contributed by atoms with van der Waals surface area (Å²) in [6.45, 7) is 0. The molecule has 3 N–H and O–H groups in total. The fourth-order valence-corrected chi connectivity index (χ4v) is 2.42. The van der Waals surface area contributed by atoms with Crippen LogP contribution in [0.4, 0.5) is 5.69 Å². The Balaban J connectivity index is 2.14. The first-order chi connectivity index (χ1) is 9.49. The van der Waals surface area contributed by atoms with Gasteiger partial charge in [0, 0.05) is 16.3 Å². The summed E-state index contributed by atoms with van der Waals surface area (Å²) in [5, 5.41) is 4.18. The van der Waals surface area contributed by atoms with Gasteiger partial charge < -0.3 is 5.73 Å². The van der Waals surface area contributed by atoms with Gasteiger partial charge in [0.2, 0.25) is 0 Å². The highest BCUT2D eigenvalue weighted by Crippen LogP contribution is 2.13. The van der Waals surface area contributed by atoms with Gasteiger partial charge in [-0.15, -0.1) is 0 Å². The third kappa shape index (κ3) is 3.49. The summed E-state index contributed by atoms with van der Waals surface area (Å²) in [5.74, 6) is 0. The van der Waals surface area contributed by atoms with E-state index in [9.17, 15) is 8.42 Å². The molecule has 20 heavy (non-hydrogen) atoms. The molecule has 0 aliphatic carbocycles. The second-order valence-corrected chi connectivity index (χ2v) is 6.01. The first kappa shape index (κ1) is 14.4. The number of hydrazone groups is 1. The van der Waals surface area contributed by atoms with E-state index in [-0.39, 0.29) is 4.90 Å². The fourth-order valence-electron chi connectivity index (χ4n) is 1.44. The van der Waals surface area contributed by atoms with E-state index in [1.807, 2.05) is 0 Å². The number of hydrogen-bond acceptors (Lipinski definition) is 4. The van der Waals surface area contributed by atoms with Crippen molar-refractivity contribution < 1.29 is 8.42 Å². The van der Waals surface area contributed by atoms with Crippen LogP contribution in [0.2, 0.25) is 5.02 Å². The van der Waals surface area contributed by atoms with E-state index >= 15 is 0 Å². The lowest BCUT2D eigenvalue weighted by atomic mass is 10.2. The number of halogens is 1. The second kappa shape index (κ2) is 5.94. The molecule has 0 unspecified atom stereocenters. The van der Waals surface area contributed by atoms with Crippen molar-refractivity contribution >= 4 is 33.5 Å². The zero-order valence-electron chi connectivity index (χ0n) is 10.3. The molecule has 104 valence electrons. The quantitative estimate of drug-likeness (QED) is 0.516. The first-order valence-corrected chi connectivity index (χ1v) is 7.50. The van der Waals surface area contributed by atoms with Gasteiger partial charge in [0.05, 0.1) is 11.1 Å². The third-order valence-corrected chi connectivity index (χ3v) is 4.05. The Bertz CT molecular complexity index is 728. The maximum absolute atomic E-state index is 11.9. The lowest BCUT2D eigenvalue weighted by molar-refractivity contribution is 0.584. The Morgan fingerprint density at radius 1 is 1.10 bits per heavy atom. The highest BCUT2D eigenvalue weighted by atomic mass is 35.5. The molecular weight excluding hydrogens is 298 g/mol. The highest BCUT2D eigenvalue weighted by molar-refractivity contribution is 7.89. The fraction of sp³-hybridized carbons (Fsp3) is 0. The van der Waals surface area contributed by atoms with Gasteiger partial charge in [-0.25, -0.2) is 4.83 Å². The summed E-state index contributed by atoms with van der Waals surface area (Å²) in [7, 11) is -3.71. The molecule has 0 heterocycles. The van der Waals surface area contributed by atoms with Gasteiger partial charge in [-0.2, -0.15) is 13.5 Å². The van der Waals surface area contributed by atoms with Crippen molar-refractivity contribution in [2.45, 2.75) is 4.90 Å². The van der Waals surface area contributed by atoms with Gasteiger partial charge in [-0.1, -0.05) is 29.8 Å². The number of nitrogens with zero attached hydrogens (tertiary/aromatic N) is 1. The molecule has 0 atom stereocenters. The smallest absolute Gasteiger partial charge is 0.276 e. The van der Waals surface area contributed by atoms with Crippen molar-refractivity contribution in [2.75, 3.05) is 5.73 Å². The summed E-state index contributed by atoms with van der Waals surface area (Å²) in [6, 6.07) is 12.8. The van der Waals surface area contributed by atoms with Crippen LogP contribution in [-0.2, 0) is 10.0 Å². The summed E-state index contributed by atoms with van der Waals surface area (Å²) >= 11 is 5.93. The van der Waals surface area contributed by atoms with Crippen LogP contribution in [0.15, 0.2) is 58.5 Å². The number of sulfonamides is 1. The molecule has 2 aromatic carbocycles. The number of hydrogen-bond donors (Lipinski definition) is 2. The molecule has 0 saturated carbocycles. The Morgan fingerprint density at radius 2 is 1.75 bits per heavy atom. The van der Waals surface area contributed by atoms with Crippen molar-refractivity contribution in [1.82, 2.24) is 4.83 Å². The second-order valence-electron chi connectivity index (χ2n) is 3.94. The molecule has 0 amide bonds. The SMILES string of the molecule is Nc1ccc(S(=O)(=O)N/N=C/c2ccccc2Cl)cc1. The van der Waals surface area contributed by atoms with E-state index in [1.54, 1.807) is 24.3 Å². The Hall–Kier alpha value is -2.05. The number of anilines is 1. The minimum Gasteiger partial charge on any atom is -0.399 e. The molecule has 0 radical (unpaired) electrons. The summed E-state index contributed by atoms with van der Waals surface area (Å²) < 4.78 is 23.8. The predicted molar refractivity (Wildman–Crippen MR) is 80.2 cm³/mol. The van der Waals surface area contributed by atoms with Gasteiger partial charge in [-0.05, 0) is 30.3 Å². The van der Waals surface area contributed by atoms with Crippen LogP contribution in [-0.4, -0.2) is 14.6 Å². The van der Waals surface area contributed by atoms with Crippen LogP contribution in [0, 0.1) is 0 Å². The van der Waals surface area contributed by atoms with Gasteiger partial charge >= 0.3 is 0 Å². The predicted octanol–water partition coefficient (Wildman–Crippen LogP) is 2.23. The van der Waals surface area contributed by atoms with Crippen molar-refractivity contribution in [3.8, 4) is 0 Å². The van der Waals surface area contributed by atoms with Gasteiger partial charge in [0.25, 0.3) is 10.0 Å². The molecular formula is C13H12ClN3O2S. The Kier molecular flexibility index (Phi) is 4.26. The number of nitrogen functional groups attached to an aromatic ring is 1. The monoisotopic (exact) mass is 309 g/mol. The zero-order chi connectivity index (χ0) is 14.6. The number of nitrogens with two attached hydrogens (primary N) is 1.